The zero-order valence-corrected chi connectivity index (χ0v) is 17.0. The maximum Gasteiger partial charge on any atom is 0.129 e. The molecule has 0 bridgehead atoms. The molecule has 2 heterocycles. The number of rotatable bonds is 5. The lowest BCUT2D eigenvalue weighted by molar-refractivity contribution is -0.0588. The number of methoxy groups -OCH3 is 2. The van der Waals surface area contributed by atoms with E-state index in [1.54, 1.807) is 14.2 Å². The lowest BCUT2D eigenvalue weighted by atomic mass is 9.81. The first-order valence-corrected chi connectivity index (χ1v) is 10.1. The molecule has 2 atom stereocenters. The molecule has 1 fully saturated rings. The van der Waals surface area contributed by atoms with E-state index in [9.17, 15) is 10.2 Å². The number of piperidine rings is 1. The summed E-state index contributed by atoms with van der Waals surface area (Å²) in [6.07, 6.45) is 1.16. The number of β-amino-alcohol motifs (C(OH)–C–C–N with tert-alkyl or cyclic N) is 1. The van der Waals surface area contributed by atoms with E-state index < -0.39 is 12.2 Å². The number of benzene rings is 2. The number of aliphatic hydroxyl groups is 2. The summed E-state index contributed by atoms with van der Waals surface area (Å²) in [7, 11) is 3.26. The van der Waals surface area contributed by atoms with E-state index in [-0.39, 0.29) is 5.60 Å². The summed E-state index contributed by atoms with van der Waals surface area (Å²) in [6, 6.07) is 13.1. The highest BCUT2D eigenvalue weighted by Crippen LogP contribution is 2.45. The van der Waals surface area contributed by atoms with Crippen LogP contribution < -0.4 is 14.2 Å². The zero-order chi connectivity index (χ0) is 20.4. The van der Waals surface area contributed by atoms with E-state index >= 15 is 0 Å². The fourth-order valence-corrected chi connectivity index (χ4v) is 4.37. The van der Waals surface area contributed by atoms with Gasteiger partial charge >= 0.3 is 0 Å². The predicted octanol–water partition coefficient (Wildman–Crippen LogP) is 3.09. The van der Waals surface area contributed by atoms with Crippen LogP contribution in [0.1, 0.15) is 42.6 Å². The first kappa shape index (κ1) is 20.0. The van der Waals surface area contributed by atoms with Gasteiger partial charge in [-0.3, -0.25) is 0 Å². The second-order valence-corrected chi connectivity index (χ2v) is 8.00. The van der Waals surface area contributed by atoms with Crippen molar-refractivity contribution in [3.05, 3.63) is 53.6 Å². The molecule has 2 aromatic carbocycles. The molecular weight excluding hydrogens is 370 g/mol. The van der Waals surface area contributed by atoms with Crippen molar-refractivity contribution < 1.29 is 24.4 Å². The van der Waals surface area contributed by atoms with E-state index in [0.717, 1.165) is 54.3 Å². The average Bonchev–Trinajstić information content (AvgIpc) is 2.75. The molecule has 2 aliphatic rings. The van der Waals surface area contributed by atoms with Crippen LogP contribution in [0, 0.1) is 0 Å². The Morgan fingerprint density at radius 3 is 2.38 bits per heavy atom. The van der Waals surface area contributed by atoms with Crippen LogP contribution in [0.15, 0.2) is 42.5 Å². The Balaban J connectivity index is 1.38. The smallest absolute Gasteiger partial charge is 0.129 e. The highest BCUT2D eigenvalue weighted by atomic mass is 16.5. The van der Waals surface area contributed by atoms with Gasteiger partial charge in [-0.05, 0) is 42.7 Å². The Bertz CT molecular complexity index is 830. The lowest BCUT2D eigenvalue weighted by Crippen LogP contribution is -2.51. The molecule has 1 saturated heterocycles. The summed E-state index contributed by atoms with van der Waals surface area (Å²) >= 11 is 0. The molecular formula is C23H29NO5. The topological polar surface area (TPSA) is 71.4 Å². The molecule has 0 aliphatic carbocycles. The van der Waals surface area contributed by atoms with E-state index in [2.05, 4.69) is 4.90 Å². The van der Waals surface area contributed by atoms with Crippen LogP contribution >= 0.6 is 0 Å². The molecule has 2 aliphatic heterocycles. The second kappa shape index (κ2) is 8.22. The summed E-state index contributed by atoms with van der Waals surface area (Å²) in [4.78, 5) is 2.26. The van der Waals surface area contributed by atoms with Crippen LogP contribution in [-0.4, -0.2) is 54.6 Å². The Hall–Kier alpha value is -2.28. The number of hydrogen-bond donors (Lipinski definition) is 2. The number of fused-ring (bicyclic) bond motifs is 1. The van der Waals surface area contributed by atoms with E-state index in [1.165, 1.54) is 0 Å². The van der Waals surface area contributed by atoms with E-state index in [1.807, 2.05) is 42.5 Å². The highest BCUT2D eigenvalue weighted by molar-refractivity contribution is 5.44. The number of hydrogen-bond acceptors (Lipinski definition) is 6. The summed E-state index contributed by atoms with van der Waals surface area (Å²) in [5.74, 6) is 2.23. The molecule has 0 aromatic heterocycles. The molecule has 2 N–H and O–H groups in total. The highest BCUT2D eigenvalue weighted by Gasteiger charge is 2.43. The van der Waals surface area contributed by atoms with Crippen LogP contribution in [-0.2, 0) is 0 Å². The Kier molecular flexibility index (Phi) is 5.67. The van der Waals surface area contributed by atoms with Gasteiger partial charge in [0.25, 0.3) is 0 Å². The summed E-state index contributed by atoms with van der Waals surface area (Å²) in [5.41, 5.74) is 1.35. The van der Waals surface area contributed by atoms with Gasteiger partial charge in [-0.2, -0.15) is 0 Å². The molecule has 1 spiro atoms. The van der Waals surface area contributed by atoms with Crippen molar-refractivity contribution in [3.8, 4) is 17.2 Å². The van der Waals surface area contributed by atoms with Gasteiger partial charge in [0.05, 0.1) is 26.4 Å². The molecule has 6 heteroatoms. The summed E-state index contributed by atoms with van der Waals surface area (Å²) < 4.78 is 16.9. The van der Waals surface area contributed by atoms with Crippen LogP contribution in [0.4, 0.5) is 0 Å². The molecule has 29 heavy (non-hydrogen) atoms. The van der Waals surface area contributed by atoms with Gasteiger partial charge in [0.1, 0.15) is 22.8 Å². The Labute approximate surface area is 171 Å². The molecule has 4 rings (SSSR count). The first-order chi connectivity index (χ1) is 14.0. The van der Waals surface area contributed by atoms with Gasteiger partial charge in [0.2, 0.25) is 0 Å². The standard InChI is InChI=1S/C23H29NO5/c1-27-17-5-3-16(4-6-17)21(26)15-24-11-9-23(10-12-24)14-20(25)19-8-7-18(28-2)13-22(19)29-23/h3-8,13,20-21,25-26H,9-12,14-15H2,1-2H3/t20-,21-/m1/s1. The molecule has 2 aromatic rings. The maximum atomic E-state index is 10.7. The third-order valence-corrected chi connectivity index (χ3v) is 6.17. The molecule has 6 nitrogen and oxygen atoms in total. The second-order valence-electron chi connectivity index (χ2n) is 8.00. The van der Waals surface area contributed by atoms with Gasteiger partial charge in [-0.25, -0.2) is 0 Å². The fourth-order valence-electron chi connectivity index (χ4n) is 4.37. The van der Waals surface area contributed by atoms with Gasteiger partial charge in [-0.15, -0.1) is 0 Å². The van der Waals surface area contributed by atoms with Crippen LogP contribution in [0.3, 0.4) is 0 Å². The largest absolute Gasteiger partial charge is 0.497 e. The number of nitrogens with zero attached hydrogens (tertiary/aromatic N) is 1. The quantitative estimate of drug-likeness (QED) is 0.805. The van der Waals surface area contributed by atoms with E-state index in [0.29, 0.717) is 13.0 Å². The number of likely N-dealkylation sites (tertiary alicyclic amines) is 1. The van der Waals surface area contributed by atoms with Crippen molar-refractivity contribution in [1.29, 1.82) is 0 Å². The summed E-state index contributed by atoms with van der Waals surface area (Å²) in [5, 5.41) is 21.3. The minimum atomic E-state index is -0.544. The third-order valence-electron chi connectivity index (χ3n) is 6.17. The zero-order valence-electron chi connectivity index (χ0n) is 17.0. The maximum absolute atomic E-state index is 10.7. The normalized spacial score (nSPS) is 21.9. The average molecular weight is 399 g/mol. The van der Waals surface area contributed by atoms with Crippen molar-refractivity contribution in [1.82, 2.24) is 4.90 Å². The Morgan fingerprint density at radius 1 is 1.07 bits per heavy atom. The van der Waals surface area contributed by atoms with Crippen molar-refractivity contribution in [2.45, 2.75) is 37.1 Å². The van der Waals surface area contributed by atoms with Crippen LogP contribution in [0.5, 0.6) is 17.2 Å². The van der Waals surface area contributed by atoms with Crippen molar-refractivity contribution in [2.75, 3.05) is 33.9 Å². The van der Waals surface area contributed by atoms with Gasteiger partial charge in [-0.1, -0.05) is 12.1 Å². The monoisotopic (exact) mass is 399 g/mol. The van der Waals surface area contributed by atoms with Crippen LogP contribution in [0.2, 0.25) is 0 Å². The van der Waals surface area contributed by atoms with Gasteiger partial charge in [0.15, 0.2) is 0 Å². The van der Waals surface area contributed by atoms with E-state index in [4.69, 9.17) is 14.2 Å². The van der Waals surface area contributed by atoms with Crippen LogP contribution in [0.25, 0.3) is 0 Å². The van der Waals surface area contributed by atoms with Crippen molar-refractivity contribution in [2.24, 2.45) is 0 Å². The molecule has 0 radical (unpaired) electrons. The lowest BCUT2D eigenvalue weighted by Gasteiger charge is -2.46. The van der Waals surface area contributed by atoms with Gasteiger partial charge in [0, 0.05) is 37.7 Å². The van der Waals surface area contributed by atoms with Gasteiger partial charge < -0.3 is 29.3 Å². The minimum Gasteiger partial charge on any atom is -0.497 e. The van der Waals surface area contributed by atoms with Crippen molar-refractivity contribution in [3.63, 3.8) is 0 Å². The number of ether oxygens (including phenoxy) is 3. The number of aliphatic hydroxyl groups excluding tert-OH is 2. The molecule has 0 amide bonds. The fraction of sp³-hybridized carbons (Fsp3) is 0.478. The first-order valence-electron chi connectivity index (χ1n) is 10.1. The third kappa shape index (κ3) is 4.20. The molecule has 156 valence electrons. The molecule has 0 saturated carbocycles. The SMILES string of the molecule is COc1ccc([C@H](O)CN2CCC3(CC2)C[C@@H](O)c2ccc(OC)cc2O3)cc1. The summed E-state index contributed by atoms with van der Waals surface area (Å²) in [6.45, 7) is 2.22. The minimum absolute atomic E-state index is 0.361. The Morgan fingerprint density at radius 2 is 1.72 bits per heavy atom. The van der Waals surface area contributed by atoms with Crippen molar-refractivity contribution >= 4 is 0 Å². The predicted molar refractivity (Wildman–Crippen MR) is 110 cm³/mol. The molecule has 0 unspecified atom stereocenters.